The van der Waals surface area contributed by atoms with Gasteiger partial charge in [-0.05, 0) is 31.2 Å². The smallest absolute Gasteiger partial charge is 0.266 e. The van der Waals surface area contributed by atoms with Crippen molar-refractivity contribution in [3.63, 3.8) is 0 Å². The molecule has 2 aliphatic rings. The molecule has 6 nitrogen and oxygen atoms in total. The zero-order valence-electron chi connectivity index (χ0n) is 14.6. The topological polar surface area (TPSA) is 79.5 Å². The summed E-state index contributed by atoms with van der Waals surface area (Å²) in [7, 11) is 0. The molecule has 1 aromatic heterocycles. The van der Waals surface area contributed by atoms with E-state index in [0.29, 0.717) is 23.1 Å². The average Bonchev–Trinajstić information content (AvgIpc) is 3.27. The normalized spacial score (nSPS) is 23.0. The molecule has 2 fully saturated rings. The molecule has 2 aliphatic heterocycles. The zero-order valence-corrected chi connectivity index (χ0v) is 15.4. The third-order valence-electron chi connectivity index (χ3n) is 5.39. The molecule has 1 atom stereocenters. The van der Waals surface area contributed by atoms with E-state index in [0.717, 1.165) is 37.8 Å². The number of nitrogen functional groups attached to an aromatic ring is 1. The Morgan fingerprint density at radius 3 is 2.62 bits per heavy atom. The molecule has 2 aromatic rings. The fourth-order valence-corrected chi connectivity index (χ4v) is 4.83. The van der Waals surface area contributed by atoms with Gasteiger partial charge in [0.15, 0.2) is 5.13 Å². The summed E-state index contributed by atoms with van der Waals surface area (Å²) in [6.45, 7) is 1.95. The summed E-state index contributed by atoms with van der Waals surface area (Å²) in [4.78, 5) is 34.6. The quantitative estimate of drug-likeness (QED) is 0.900. The van der Waals surface area contributed by atoms with Crippen LogP contribution in [0.4, 0.5) is 5.13 Å². The van der Waals surface area contributed by atoms with Crippen LogP contribution in [0.5, 0.6) is 0 Å². The fraction of sp³-hybridized carbons (Fsp3) is 0.421. The summed E-state index contributed by atoms with van der Waals surface area (Å²) >= 11 is 1.19. The molecule has 136 valence electrons. The van der Waals surface area contributed by atoms with E-state index in [9.17, 15) is 9.59 Å². The van der Waals surface area contributed by atoms with Crippen molar-refractivity contribution in [3.8, 4) is 0 Å². The van der Waals surface area contributed by atoms with Gasteiger partial charge in [-0.2, -0.15) is 0 Å². The Balaban J connectivity index is 1.59. The van der Waals surface area contributed by atoms with Crippen LogP contribution in [0.3, 0.4) is 0 Å². The molecule has 2 saturated heterocycles. The number of carbonyl (C=O) groups excluding carboxylic acids is 2. The minimum atomic E-state index is -0.705. The number of anilines is 1. The van der Waals surface area contributed by atoms with Crippen LogP contribution >= 0.6 is 11.3 Å². The summed E-state index contributed by atoms with van der Waals surface area (Å²) in [5.41, 5.74) is 6.09. The zero-order chi connectivity index (χ0) is 18.1. The second kappa shape index (κ2) is 6.72. The molecule has 7 heteroatoms. The number of nitrogens with zero attached hydrogens (tertiary/aromatic N) is 3. The second-order valence-electron chi connectivity index (χ2n) is 6.97. The van der Waals surface area contributed by atoms with Gasteiger partial charge in [-0.3, -0.25) is 9.59 Å². The van der Waals surface area contributed by atoms with Gasteiger partial charge in [0.25, 0.3) is 5.91 Å². The Kier molecular flexibility index (Phi) is 4.40. The Labute approximate surface area is 156 Å². The van der Waals surface area contributed by atoms with Crippen LogP contribution in [-0.4, -0.2) is 45.2 Å². The highest BCUT2D eigenvalue weighted by Crippen LogP contribution is 2.40. The third-order valence-corrected chi connectivity index (χ3v) is 6.20. The van der Waals surface area contributed by atoms with Crippen LogP contribution in [-0.2, 0) is 11.3 Å². The van der Waals surface area contributed by atoms with Gasteiger partial charge < -0.3 is 15.5 Å². The number of piperidine rings is 1. The summed E-state index contributed by atoms with van der Waals surface area (Å²) in [5, 5.41) is 0.377. The molecule has 0 radical (unpaired) electrons. The number of rotatable bonds is 3. The average molecular weight is 370 g/mol. The van der Waals surface area contributed by atoms with Crippen molar-refractivity contribution in [3.05, 3.63) is 47.0 Å². The van der Waals surface area contributed by atoms with Crippen LogP contribution in [0.1, 0.15) is 40.9 Å². The van der Waals surface area contributed by atoms with E-state index >= 15 is 0 Å². The number of benzene rings is 1. The monoisotopic (exact) mass is 370 g/mol. The first-order valence-corrected chi connectivity index (χ1v) is 9.78. The summed E-state index contributed by atoms with van der Waals surface area (Å²) in [6.07, 6.45) is 4.75. The first-order valence-electron chi connectivity index (χ1n) is 8.97. The molecule has 2 N–H and O–H groups in total. The molecule has 0 saturated carbocycles. The number of carbonyl (C=O) groups is 2. The molecule has 2 amide bonds. The molecule has 0 aliphatic carbocycles. The van der Waals surface area contributed by atoms with Gasteiger partial charge in [-0.15, -0.1) is 0 Å². The lowest BCUT2D eigenvalue weighted by atomic mass is 9.85. The lowest BCUT2D eigenvalue weighted by molar-refractivity contribution is -0.146. The fourth-order valence-electron chi connectivity index (χ4n) is 4.20. The standard InChI is InChI=1S/C19H22N4O2S/c20-18-21-12-15(26-18)16(24)23-11-5-9-19(23)8-4-10-22(17(19)25)13-14-6-2-1-3-7-14/h1-3,6-7,12H,4-5,8-11,13H2,(H2,20,21). The number of amides is 2. The number of hydrogen-bond donors (Lipinski definition) is 1. The maximum absolute atomic E-state index is 13.4. The number of aromatic nitrogens is 1. The first kappa shape index (κ1) is 17.0. The van der Waals surface area contributed by atoms with E-state index in [2.05, 4.69) is 4.98 Å². The number of nitrogens with two attached hydrogens (primary N) is 1. The summed E-state index contributed by atoms with van der Waals surface area (Å²) in [5.74, 6) is -0.0393. The van der Waals surface area contributed by atoms with Crippen LogP contribution in [0.2, 0.25) is 0 Å². The van der Waals surface area contributed by atoms with Crippen LogP contribution in [0.25, 0.3) is 0 Å². The van der Waals surface area contributed by atoms with E-state index < -0.39 is 5.54 Å². The van der Waals surface area contributed by atoms with Crippen molar-refractivity contribution in [1.82, 2.24) is 14.8 Å². The molecular formula is C19H22N4O2S. The van der Waals surface area contributed by atoms with Gasteiger partial charge in [-0.25, -0.2) is 4.98 Å². The van der Waals surface area contributed by atoms with E-state index in [1.165, 1.54) is 17.5 Å². The molecule has 26 heavy (non-hydrogen) atoms. The number of hydrogen-bond acceptors (Lipinski definition) is 5. The van der Waals surface area contributed by atoms with Gasteiger partial charge >= 0.3 is 0 Å². The summed E-state index contributed by atoms with van der Waals surface area (Å²) in [6, 6.07) is 10.0. The van der Waals surface area contributed by atoms with Gasteiger partial charge in [0.1, 0.15) is 10.4 Å². The minimum absolute atomic E-state index is 0.0796. The van der Waals surface area contributed by atoms with Crippen molar-refractivity contribution in [2.24, 2.45) is 0 Å². The Morgan fingerprint density at radius 1 is 1.19 bits per heavy atom. The van der Waals surface area contributed by atoms with E-state index in [1.54, 1.807) is 4.90 Å². The predicted molar refractivity (Wildman–Crippen MR) is 101 cm³/mol. The Hall–Kier alpha value is -2.41. The molecule has 1 spiro atoms. The van der Waals surface area contributed by atoms with Crippen molar-refractivity contribution in [1.29, 1.82) is 0 Å². The number of likely N-dealkylation sites (tertiary alicyclic amines) is 2. The highest BCUT2D eigenvalue weighted by atomic mass is 32.1. The predicted octanol–water partition coefficient (Wildman–Crippen LogP) is 2.52. The first-order chi connectivity index (χ1) is 12.6. The molecular weight excluding hydrogens is 348 g/mol. The van der Waals surface area contributed by atoms with Gasteiger partial charge in [0, 0.05) is 19.6 Å². The SMILES string of the molecule is Nc1ncc(C(=O)N2CCCC23CCCN(Cc2ccccc2)C3=O)s1. The van der Waals surface area contributed by atoms with Crippen LogP contribution in [0, 0.1) is 0 Å². The highest BCUT2D eigenvalue weighted by molar-refractivity contribution is 7.17. The van der Waals surface area contributed by atoms with Gasteiger partial charge in [-0.1, -0.05) is 41.7 Å². The van der Waals surface area contributed by atoms with Crippen molar-refractivity contribution in [2.75, 3.05) is 18.8 Å². The van der Waals surface area contributed by atoms with E-state index in [1.807, 2.05) is 35.2 Å². The van der Waals surface area contributed by atoms with E-state index in [4.69, 9.17) is 5.73 Å². The van der Waals surface area contributed by atoms with Crippen LogP contribution in [0.15, 0.2) is 36.5 Å². The second-order valence-corrected chi connectivity index (χ2v) is 8.03. The van der Waals surface area contributed by atoms with Gasteiger partial charge in [0.05, 0.1) is 6.20 Å². The Morgan fingerprint density at radius 2 is 1.92 bits per heavy atom. The minimum Gasteiger partial charge on any atom is -0.375 e. The maximum atomic E-state index is 13.4. The lowest BCUT2D eigenvalue weighted by Crippen LogP contribution is -2.61. The summed E-state index contributed by atoms with van der Waals surface area (Å²) < 4.78 is 0. The van der Waals surface area contributed by atoms with Crippen molar-refractivity contribution in [2.45, 2.75) is 37.8 Å². The number of thiazole rings is 1. The van der Waals surface area contributed by atoms with Gasteiger partial charge in [0.2, 0.25) is 5.91 Å². The maximum Gasteiger partial charge on any atom is 0.266 e. The molecule has 1 aromatic carbocycles. The van der Waals surface area contributed by atoms with Crippen molar-refractivity contribution >= 4 is 28.3 Å². The lowest BCUT2D eigenvalue weighted by Gasteiger charge is -2.44. The molecule has 1 unspecified atom stereocenters. The Bertz CT molecular complexity index is 822. The molecule has 4 rings (SSSR count). The van der Waals surface area contributed by atoms with Crippen LogP contribution < -0.4 is 5.73 Å². The molecule has 0 bridgehead atoms. The van der Waals surface area contributed by atoms with E-state index in [-0.39, 0.29) is 11.8 Å². The third kappa shape index (κ3) is 2.86. The molecule has 3 heterocycles. The largest absolute Gasteiger partial charge is 0.375 e. The highest BCUT2D eigenvalue weighted by Gasteiger charge is 2.52. The van der Waals surface area contributed by atoms with Crippen molar-refractivity contribution < 1.29 is 9.59 Å².